The molecule has 0 aliphatic carbocycles. The summed E-state index contributed by atoms with van der Waals surface area (Å²) < 4.78 is 5.06. The molecule has 0 radical (unpaired) electrons. The second-order valence-electron chi connectivity index (χ2n) is 6.51. The summed E-state index contributed by atoms with van der Waals surface area (Å²) in [6.45, 7) is 4.42. The molecule has 1 heterocycles. The smallest absolute Gasteiger partial charge is 0.307 e. The number of nitrogens with zero attached hydrogens (tertiary/aromatic N) is 1. The van der Waals surface area contributed by atoms with Crippen LogP contribution < -0.4 is 16.0 Å². The van der Waals surface area contributed by atoms with Gasteiger partial charge < -0.3 is 20.7 Å². The summed E-state index contributed by atoms with van der Waals surface area (Å²) in [6.07, 6.45) is 0.601. The standard InChI is InChI=1S/C19H26N4O5/c1-3-9-28-18(26)11-16-19(27)20-7-8-23(16)12-17(25)22-15-6-4-5-14(10-15)21-13(2)24/h4-6,10,16H,3,7-9,11-12H2,1-2H3,(H,20,27)(H,21,24)(H,22,25). The van der Waals surface area contributed by atoms with Crippen molar-refractivity contribution in [3.63, 3.8) is 0 Å². The summed E-state index contributed by atoms with van der Waals surface area (Å²) in [5, 5.41) is 8.10. The van der Waals surface area contributed by atoms with Crippen LogP contribution in [0.4, 0.5) is 11.4 Å². The van der Waals surface area contributed by atoms with E-state index in [4.69, 9.17) is 4.74 Å². The van der Waals surface area contributed by atoms with E-state index in [1.54, 1.807) is 29.2 Å². The molecule has 1 unspecified atom stereocenters. The van der Waals surface area contributed by atoms with Crippen molar-refractivity contribution in [2.24, 2.45) is 0 Å². The van der Waals surface area contributed by atoms with Crippen LogP contribution in [0.25, 0.3) is 0 Å². The van der Waals surface area contributed by atoms with Crippen molar-refractivity contribution in [2.75, 3.05) is 36.9 Å². The number of rotatable bonds is 8. The van der Waals surface area contributed by atoms with Crippen molar-refractivity contribution in [3.05, 3.63) is 24.3 Å². The molecule has 152 valence electrons. The Balaban J connectivity index is 1.97. The molecule has 9 nitrogen and oxygen atoms in total. The van der Waals surface area contributed by atoms with Gasteiger partial charge in [-0.25, -0.2) is 0 Å². The highest BCUT2D eigenvalue weighted by atomic mass is 16.5. The Hall–Kier alpha value is -2.94. The Morgan fingerprint density at radius 1 is 1.25 bits per heavy atom. The number of ether oxygens (including phenoxy) is 1. The van der Waals surface area contributed by atoms with Gasteiger partial charge in [-0.2, -0.15) is 0 Å². The number of amides is 3. The van der Waals surface area contributed by atoms with E-state index in [0.717, 1.165) is 0 Å². The Labute approximate surface area is 163 Å². The molecule has 2 rings (SSSR count). The van der Waals surface area contributed by atoms with Crippen molar-refractivity contribution in [2.45, 2.75) is 32.7 Å². The third-order valence-electron chi connectivity index (χ3n) is 4.08. The van der Waals surface area contributed by atoms with Crippen LogP contribution in [0.5, 0.6) is 0 Å². The van der Waals surface area contributed by atoms with Crippen LogP contribution in [-0.4, -0.2) is 60.9 Å². The van der Waals surface area contributed by atoms with E-state index in [9.17, 15) is 19.2 Å². The Kier molecular flexibility index (Phi) is 7.94. The normalized spacial score (nSPS) is 16.8. The van der Waals surface area contributed by atoms with Gasteiger partial charge >= 0.3 is 5.97 Å². The average Bonchev–Trinajstić information content (AvgIpc) is 2.62. The first-order chi connectivity index (χ1) is 13.4. The highest BCUT2D eigenvalue weighted by Crippen LogP contribution is 2.16. The lowest BCUT2D eigenvalue weighted by Crippen LogP contribution is -2.57. The largest absolute Gasteiger partial charge is 0.466 e. The molecule has 1 aromatic carbocycles. The zero-order valence-electron chi connectivity index (χ0n) is 16.1. The van der Waals surface area contributed by atoms with E-state index in [2.05, 4.69) is 16.0 Å². The molecule has 3 N–H and O–H groups in total. The molecular formula is C19H26N4O5. The summed E-state index contributed by atoms with van der Waals surface area (Å²) in [6, 6.07) is 6.02. The predicted molar refractivity (Wildman–Crippen MR) is 104 cm³/mol. The Bertz CT molecular complexity index is 737. The van der Waals surface area contributed by atoms with Crippen LogP contribution in [0, 0.1) is 0 Å². The lowest BCUT2D eigenvalue weighted by molar-refractivity contribution is -0.148. The fraction of sp³-hybridized carbons (Fsp3) is 0.474. The molecular weight excluding hydrogens is 364 g/mol. The van der Waals surface area contributed by atoms with Crippen molar-refractivity contribution in [3.8, 4) is 0 Å². The van der Waals surface area contributed by atoms with Gasteiger partial charge in [-0.15, -0.1) is 0 Å². The maximum absolute atomic E-state index is 12.4. The third kappa shape index (κ3) is 6.66. The van der Waals surface area contributed by atoms with Crippen LogP contribution >= 0.6 is 0 Å². The van der Waals surface area contributed by atoms with Gasteiger partial charge in [-0.05, 0) is 24.6 Å². The van der Waals surface area contributed by atoms with Crippen molar-refractivity contribution < 1.29 is 23.9 Å². The van der Waals surface area contributed by atoms with E-state index in [1.165, 1.54) is 6.92 Å². The van der Waals surface area contributed by atoms with E-state index in [1.807, 2.05) is 6.92 Å². The zero-order valence-corrected chi connectivity index (χ0v) is 16.1. The molecule has 28 heavy (non-hydrogen) atoms. The SMILES string of the molecule is CCCOC(=O)CC1C(=O)NCCN1CC(=O)Nc1cccc(NC(C)=O)c1. The van der Waals surface area contributed by atoms with Gasteiger partial charge in [0.1, 0.15) is 6.04 Å². The van der Waals surface area contributed by atoms with Gasteiger partial charge in [0.15, 0.2) is 0 Å². The summed E-state index contributed by atoms with van der Waals surface area (Å²) in [7, 11) is 0. The summed E-state index contributed by atoms with van der Waals surface area (Å²) in [5.41, 5.74) is 1.09. The second-order valence-corrected chi connectivity index (χ2v) is 6.51. The number of carbonyl (C=O) groups is 4. The molecule has 0 bridgehead atoms. The number of anilines is 2. The molecule has 0 saturated carbocycles. The average molecular weight is 390 g/mol. The van der Waals surface area contributed by atoms with Crippen LogP contribution in [0.3, 0.4) is 0 Å². The van der Waals surface area contributed by atoms with Gasteiger partial charge in [-0.3, -0.25) is 24.1 Å². The second kappa shape index (κ2) is 10.4. The van der Waals surface area contributed by atoms with E-state index < -0.39 is 12.0 Å². The van der Waals surface area contributed by atoms with Gasteiger partial charge in [0, 0.05) is 31.4 Å². The molecule has 1 atom stereocenters. The summed E-state index contributed by atoms with van der Waals surface area (Å²) in [4.78, 5) is 49.3. The first kappa shape index (κ1) is 21.4. The number of esters is 1. The number of nitrogens with one attached hydrogen (secondary N) is 3. The van der Waals surface area contributed by atoms with E-state index >= 15 is 0 Å². The number of hydrogen-bond donors (Lipinski definition) is 3. The maximum atomic E-state index is 12.4. The molecule has 0 aromatic heterocycles. The molecule has 1 saturated heterocycles. The molecule has 1 fully saturated rings. The van der Waals surface area contributed by atoms with Crippen LogP contribution in [0.1, 0.15) is 26.7 Å². The fourth-order valence-electron chi connectivity index (χ4n) is 2.87. The molecule has 0 spiro atoms. The van der Waals surface area contributed by atoms with Crippen LogP contribution in [0.2, 0.25) is 0 Å². The molecule has 1 aliphatic rings. The van der Waals surface area contributed by atoms with Gasteiger partial charge in [0.2, 0.25) is 17.7 Å². The molecule has 3 amide bonds. The first-order valence-corrected chi connectivity index (χ1v) is 9.24. The van der Waals surface area contributed by atoms with Crippen LogP contribution in [-0.2, 0) is 23.9 Å². The van der Waals surface area contributed by atoms with Crippen molar-refractivity contribution in [1.29, 1.82) is 0 Å². The monoisotopic (exact) mass is 390 g/mol. The number of hydrogen-bond acceptors (Lipinski definition) is 6. The minimum atomic E-state index is -0.741. The Morgan fingerprint density at radius 3 is 2.64 bits per heavy atom. The number of benzene rings is 1. The van der Waals surface area contributed by atoms with Gasteiger partial charge in [0.05, 0.1) is 19.6 Å². The zero-order chi connectivity index (χ0) is 20.5. The van der Waals surface area contributed by atoms with Gasteiger partial charge in [0.25, 0.3) is 0 Å². The Morgan fingerprint density at radius 2 is 1.96 bits per heavy atom. The van der Waals surface area contributed by atoms with E-state index in [0.29, 0.717) is 37.5 Å². The van der Waals surface area contributed by atoms with Crippen LogP contribution in [0.15, 0.2) is 24.3 Å². The third-order valence-corrected chi connectivity index (χ3v) is 4.08. The minimum Gasteiger partial charge on any atom is -0.466 e. The molecule has 9 heteroatoms. The topological polar surface area (TPSA) is 117 Å². The molecule has 1 aromatic rings. The lowest BCUT2D eigenvalue weighted by Gasteiger charge is -2.33. The van der Waals surface area contributed by atoms with Crippen molar-refractivity contribution >= 4 is 35.1 Å². The lowest BCUT2D eigenvalue weighted by atomic mass is 10.1. The summed E-state index contributed by atoms with van der Waals surface area (Å²) >= 11 is 0. The highest BCUT2D eigenvalue weighted by Gasteiger charge is 2.33. The molecule has 1 aliphatic heterocycles. The maximum Gasteiger partial charge on any atom is 0.307 e. The van der Waals surface area contributed by atoms with E-state index in [-0.39, 0.29) is 30.7 Å². The highest BCUT2D eigenvalue weighted by molar-refractivity contribution is 5.95. The minimum absolute atomic E-state index is 0.0382. The quantitative estimate of drug-likeness (QED) is 0.564. The fourth-order valence-corrected chi connectivity index (χ4v) is 2.87. The van der Waals surface area contributed by atoms with Crippen molar-refractivity contribution in [1.82, 2.24) is 10.2 Å². The predicted octanol–water partition coefficient (Wildman–Crippen LogP) is 0.727. The summed E-state index contributed by atoms with van der Waals surface area (Å²) in [5.74, 6) is -1.28. The van der Waals surface area contributed by atoms with Gasteiger partial charge in [-0.1, -0.05) is 13.0 Å². The number of piperazine rings is 1. The number of carbonyl (C=O) groups excluding carboxylic acids is 4. The first-order valence-electron chi connectivity index (χ1n) is 9.24.